The minimum Gasteiger partial charge on any atom is -0.299 e. The van der Waals surface area contributed by atoms with Crippen molar-refractivity contribution in [2.75, 3.05) is 12.0 Å². The molecule has 3 atom stereocenters. The molecule has 0 amide bonds. The molecule has 1 unspecified atom stereocenters. The maximum atomic E-state index is 12.0. The van der Waals surface area contributed by atoms with Gasteiger partial charge in [0, 0.05) is 18.1 Å². The van der Waals surface area contributed by atoms with E-state index in [-0.39, 0.29) is 22.4 Å². The van der Waals surface area contributed by atoms with Gasteiger partial charge in [0.1, 0.15) is 15.6 Å². The van der Waals surface area contributed by atoms with E-state index in [2.05, 4.69) is 6.92 Å². The van der Waals surface area contributed by atoms with Gasteiger partial charge in [0.15, 0.2) is 0 Å². The van der Waals surface area contributed by atoms with Crippen LogP contribution in [0.2, 0.25) is 0 Å². The van der Waals surface area contributed by atoms with E-state index in [1.807, 2.05) is 0 Å². The van der Waals surface area contributed by atoms with Gasteiger partial charge in [-0.1, -0.05) is 6.92 Å². The standard InChI is InChI=1S/C11H16O3S/c1-9-6-10(9)3-4-11(9,8(12)5-10)7-15(2,13)14/h3-7H2,1-2H3/t9?,10-,11-/m0/s1. The number of sulfone groups is 1. The lowest BCUT2D eigenvalue weighted by atomic mass is 9.73. The average molecular weight is 228 g/mol. The normalized spacial score (nSPS) is 52.0. The van der Waals surface area contributed by atoms with Crippen LogP contribution in [0.4, 0.5) is 0 Å². The molecule has 84 valence electrons. The van der Waals surface area contributed by atoms with Crippen molar-refractivity contribution in [3.05, 3.63) is 0 Å². The number of ketones is 1. The summed E-state index contributed by atoms with van der Waals surface area (Å²) in [6, 6.07) is 0. The second-order valence-corrected chi connectivity index (χ2v) is 8.18. The molecule has 3 aliphatic rings. The van der Waals surface area contributed by atoms with Crippen LogP contribution in [0.25, 0.3) is 0 Å². The first kappa shape index (κ1) is 9.82. The van der Waals surface area contributed by atoms with E-state index in [0.29, 0.717) is 6.42 Å². The SMILES string of the molecule is CC12C[C@@]13CC[C@]2(CS(C)(=O)=O)C(=O)C3. The summed E-state index contributed by atoms with van der Waals surface area (Å²) in [6.45, 7) is 2.12. The first-order valence-electron chi connectivity index (χ1n) is 5.46. The molecule has 0 saturated heterocycles. The van der Waals surface area contributed by atoms with Gasteiger partial charge < -0.3 is 0 Å². The maximum absolute atomic E-state index is 12.0. The van der Waals surface area contributed by atoms with Crippen LogP contribution in [0.3, 0.4) is 0 Å². The van der Waals surface area contributed by atoms with Gasteiger partial charge in [0.25, 0.3) is 0 Å². The second-order valence-electron chi connectivity index (χ2n) is 6.04. The topological polar surface area (TPSA) is 51.2 Å². The highest BCUT2D eigenvalue weighted by Crippen LogP contribution is 2.86. The Bertz CT molecular complexity index is 462. The van der Waals surface area contributed by atoms with E-state index in [9.17, 15) is 13.2 Å². The quantitative estimate of drug-likeness (QED) is 0.713. The number of Topliss-reactive ketones (excluding diaryl/α,β-unsaturated/α-hetero) is 1. The monoisotopic (exact) mass is 228 g/mol. The van der Waals surface area contributed by atoms with Crippen molar-refractivity contribution < 1.29 is 13.2 Å². The highest BCUT2D eigenvalue weighted by atomic mass is 32.2. The molecular weight excluding hydrogens is 212 g/mol. The van der Waals surface area contributed by atoms with Crippen LogP contribution in [0.5, 0.6) is 0 Å². The summed E-state index contributed by atoms with van der Waals surface area (Å²) in [6.07, 6.45) is 4.82. The summed E-state index contributed by atoms with van der Waals surface area (Å²) < 4.78 is 22.9. The molecule has 3 nitrogen and oxygen atoms in total. The van der Waals surface area contributed by atoms with Gasteiger partial charge in [-0.05, 0) is 30.1 Å². The van der Waals surface area contributed by atoms with Crippen molar-refractivity contribution in [3.8, 4) is 0 Å². The van der Waals surface area contributed by atoms with Crippen molar-refractivity contribution >= 4 is 15.6 Å². The summed E-state index contributed by atoms with van der Waals surface area (Å²) in [5.74, 6) is 0.296. The van der Waals surface area contributed by atoms with Crippen LogP contribution < -0.4 is 0 Å². The van der Waals surface area contributed by atoms with Crippen molar-refractivity contribution in [2.45, 2.75) is 32.6 Å². The summed E-state index contributed by atoms with van der Waals surface area (Å²) in [5, 5.41) is 0. The Balaban J connectivity index is 2.08. The smallest absolute Gasteiger partial charge is 0.148 e. The Labute approximate surface area is 90.2 Å². The lowest BCUT2D eigenvalue weighted by Crippen LogP contribution is -2.40. The van der Waals surface area contributed by atoms with Gasteiger partial charge >= 0.3 is 0 Å². The molecule has 3 aliphatic carbocycles. The Morgan fingerprint density at radius 2 is 2.00 bits per heavy atom. The van der Waals surface area contributed by atoms with Crippen LogP contribution in [0.15, 0.2) is 0 Å². The van der Waals surface area contributed by atoms with Crippen molar-refractivity contribution in [1.82, 2.24) is 0 Å². The molecule has 2 bridgehead atoms. The highest BCUT2D eigenvalue weighted by Gasteiger charge is 2.84. The number of carbonyl (C=O) groups is 1. The van der Waals surface area contributed by atoms with E-state index in [0.717, 1.165) is 19.3 Å². The zero-order valence-electron chi connectivity index (χ0n) is 9.17. The molecule has 0 N–H and O–H groups in total. The summed E-state index contributed by atoms with van der Waals surface area (Å²) in [4.78, 5) is 12.0. The van der Waals surface area contributed by atoms with Crippen molar-refractivity contribution in [2.24, 2.45) is 16.2 Å². The zero-order valence-corrected chi connectivity index (χ0v) is 9.99. The lowest BCUT2D eigenvalue weighted by molar-refractivity contribution is -0.129. The van der Waals surface area contributed by atoms with Gasteiger partial charge in [-0.25, -0.2) is 8.42 Å². The van der Waals surface area contributed by atoms with E-state index >= 15 is 0 Å². The second kappa shape index (κ2) is 2.17. The fourth-order valence-electron chi connectivity index (χ4n) is 4.43. The molecule has 3 rings (SSSR count). The van der Waals surface area contributed by atoms with E-state index in [1.54, 1.807) is 0 Å². The zero-order chi connectivity index (χ0) is 11.1. The molecule has 0 radical (unpaired) electrons. The molecule has 0 heterocycles. The third-order valence-electron chi connectivity index (χ3n) is 5.37. The third-order valence-corrected chi connectivity index (χ3v) is 6.38. The summed E-state index contributed by atoms with van der Waals surface area (Å²) in [7, 11) is -3.05. The molecule has 4 heteroatoms. The van der Waals surface area contributed by atoms with E-state index in [1.165, 1.54) is 6.26 Å². The molecule has 0 aliphatic heterocycles. The fourth-order valence-corrected chi connectivity index (χ4v) is 5.95. The molecule has 3 saturated carbocycles. The van der Waals surface area contributed by atoms with E-state index < -0.39 is 15.3 Å². The largest absolute Gasteiger partial charge is 0.299 e. The predicted molar refractivity (Wildman–Crippen MR) is 56.2 cm³/mol. The van der Waals surface area contributed by atoms with E-state index in [4.69, 9.17) is 0 Å². The van der Waals surface area contributed by atoms with Crippen molar-refractivity contribution in [1.29, 1.82) is 0 Å². The molecule has 0 aromatic heterocycles. The Kier molecular flexibility index (Phi) is 1.42. The van der Waals surface area contributed by atoms with Gasteiger partial charge in [-0.3, -0.25) is 4.79 Å². The molecule has 15 heavy (non-hydrogen) atoms. The minimum absolute atomic E-state index is 0.0141. The first-order valence-corrected chi connectivity index (χ1v) is 7.52. The van der Waals surface area contributed by atoms with Crippen LogP contribution in [0, 0.1) is 16.2 Å². The first-order chi connectivity index (χ1) is 6.75. The summed E-state index contributed by atoms with van der Waals surface area (Å²) >= 11 is 0. The van der Waals surface area contributed by atoms with Gasteiger partial charge in [-0.2, -0.15) is 0 Å². The Morgan fingerprint density at radius 3 is 2.33 bits per heavy atom. The number of hydrogen-bond donors (Lipinski definition) is 0. The highest BCUT2D eigenvalue weighted by molar-refractivity contribution is 7.90. The molecule has 0 aromatic carbocycles. The average Bonchev–Trinajstić information content (AvgIpc) is 2.50. The van der Waals surface area contributed by atoms with Gasteiger partial charge in [0.05, 0.1) is 5.75 Å². The number of rotatable bonds is 2. The lowest BCUT2D eigenvalue weighted by Gasteiger charge is -2.33. The predicted octanol–water partition coefficient (Wildman–Crippen LogP) is 1.18. The van der Waals surface area contributed by atoms with Gasteiger partial charge in [0.2, 0.25) is 0 Å². The molecule has 0 aromatic rings. The van der Waals surface area contributed by atoms with Gasteiger partial charge in [-0.15, -0.1) is 0 Å². The maximum Gasteiger partial charge on any atom is 0.148 e. The molecule has 3 fully saturated rings. The molecular formula is C11H16O3S. The minimum atomic E-state index is -3.05. The van der Waals surface area contributed by atoms with Crippen molar-refractivity contribution in [3.63, 3.8) is 0 Å². The fraction of sp³-hybridized carbons (Fsp3) is 0.909. The number of carbonyl (C=O) groups excluding carboxylic acids is 1. The van der Waals surface area contributed by atoms with Crippen LogP contribution in [0.1, 0.15) is 32.6 Å². The third kappa shape index (κ3) is 0.884. The van der Waals surface area contributed by atoms with Crippen LogP contribution in [-0.2, 0) is 14.6 Å². The van der Waals surface area contributed by atoms with Crippen LogP contribution in [-0.4, -0.2) is 26.2 Å². The Hall–Kier alpha value is -0.380. The van der Waals surface area contributed by atoms with Crippen LogP contribution >= 0.6 is 0 Å². The molecule has 0 spiro atoms. The summed E-state index contributed by atoms with van der Waals surface area (Å²) in [5.41, 5.74) is -0.296. The number of hydrogen-bond acceptors (Lipinski definition) is 3. The Morgan fingerprint density at radius 1 is 1.33 bits per heavy atom.